The van der Waals surface area contributed by atoms with Gasteiger partial charge in [-0.25, -0.2) is 0 Å². The second kappa shape index (κ2) is 10.0. The molecule has 1 aliphatic carbocycles. The number of hydrogen-bond acceptors (Lipinski definition) is 4. The Hall–Kier alpha value is -2.67. The van der Waals surface area contributed by atoms with Crippen LogP contribution in [0, 0.1) is 0 Å². The van der Waals surface area contributed by atoms with Crippen molar-refractivity contribution in [2.24, 2.45) is 0 Å². The minimum Gasteiger partial charge on any atom is -0.351 e. The highest BCUT2D eigenvalue weighted by Gasteiger charge is 2.16. The highest BCUT2D eigenvalue weighted by molar-refractivity contribution is 7.08. The monoisotopic (exact) mass is 399 g/mol. The van der Waals surface area contributed by atoms with Crippen LogP contribution in [0.2, 0.25) is 0 Å². The van der Waals surface area contributed by atoms with Gasteiger partial charge in [-0.1, -0.05) is 19.3 Å². The Labute approximate surface area is 168 Å². The van der Waals surface area contributed by atoms with E-state index in [4.69, 9.17) is 0 Å². The molecule has 1 aromatic carbocycles. The summed E-state index contributed by atoms with van der Waals surface area (Å²) in [6.07, 6.45) is 5.86. The zero-order valence-electron chi connectivity index (χ0n) is 15.7. The van der Waals surface area contributed by atoms with Gasteiger partial charge in [0.1, 0.15) is 0 Å². The lowest BCUT2D eigenvalue weighted by Gasteiger charge is -2.22. The molecule has 28 heavy (non-hydrogen) atoms. The molecule has 0 spiro atoms. The van der Waals surface area contributed by atoms with Gasteiger partial charge >= 0.3 is 0 Å². The Morgan fingerprint density at radius 3 is 2.36 bits per heavy atom. The standard InChI is InChI=1S/C21H25N3O3S/c25-19(10-12-22-20(26)16-11-13-28-14-16)23-18-8-6-15(7-9-18)21(27)24-17-4-2-1-3-5-17/h6-9,11,13-14,17H,1-5,10,12H2,(H,22,26)(H,23,25)(H,24,27). The number of amides is 3. The van der Waals surface area contributed by atoms with Crippen LogP contribution in [0.15, 0.2) is 41.1 Å². The minimum atomic E-state index is -0.190. The third-order valence-electron chi connectivity index (χ3n) is 4.79. The summed E-state index contributed by atoms with van der Waals surface area (Å²) in [6, 6.07) is 8.88. The number of carbonyl (C=O) groups excluding carboxylic acids is 3. The summed E-state index contributed by atoms with van der Waals surface area (Å²) in [5, 5.41) is 12.2. The van der Waals surface area contributed by atoms with E-state index in [0.29, 0.717) is 16.8 Å². The molecule has 0 aliphatic heterocycles. The molecule has 1 aromatic heterocycles. The maximum atomic E-state index is 12.3. The van der Waals surface area contributed by atoms with Gasteiger partial charge in [-0.05, 0) is 48.6 Å². The van der Waals surface area contributed by atoms with E-state index in [1.54, 1.807) is 35.7 Å². The topological polar surface area (TPSA) is 87.3 Å². The van der Waals surface area contributed by atoms with E-state index in [9.17, 15) is 14.4 Å². The Morgan fingerprint density at radius 1 is 0.929 bits per heavy atom. The first-order chi connectivity index (χ1) is 13.6. The van der Waals surface area contributed by atoms with Crippen molar-refractivity contribution in [1.29, 1.82) is 0 Å². The van der Waals surface area contributed by atoms with Gasteiger partial charge in [0.15, 0.2) is 0 Å². The summed E-state index contributed by atoms with van der Waals surface area (Å²) >= 11 is 1.45. The number of thiophene rings is 1. The molecule has 3 amide bonds. The lowest BCUT2D eigenvalue weighted by molar-refractivity contribution is -0.116. The Balaban J connectivity index is 1.41. The van der Waals surface area contributed by atoms with Crippen LogP contribution in [0.1, 0.15) is 59.2 Å². The van der Waals surface area contributed by atoms with Crippen LogP contribution in [-0.4, -0.2) is 30.3 Å². The van der Waals surface area contributed by atoms with Crippen LogP contribution < -0.4 is 16.0 Å². The fourth-order valence-corrected chi connectivity index (χ4v) is 3.87. The SMILES string of the molecule is O=C(CCNC(=O)c1ccsc1)Nc1ccc(C(=O)NC2CCCCC2)cc1. The van der Waals surface area contributed by atoms with Gasteiger partial charge in [-0.2, -0.15) is 11.3 Å². The maximum absolute atomic E-state index is 12.3. The molecule has 2 aromatic rings. The predicted octanol–water partition coefficient (Wildman–Crippen LogP) is 3.57. The summed E-state index contributed by atoms with van der Waals surface area (Å²) in [5.74, 6) is -0.437. The fraction of sp³-hybridized carbons (Fsp3) is 0.381. The number of benzene rings is 1. The van der Waals surface area contributed by atoms with E-state index in [1.165, 1.54) is 30.6 Å². The lowest BCUT2D eigenvalue weighted by Crippen LogP contribution is -2.36. The molecule has 3 N–H and O–H groups in total. The summed E-state index contributed by atoms with van der Waals surface area (Å²) in [6.45, 7) is 0.266. The summed E-state index contributed by atoms with van der Waals surface area (Å²) in [4.78, 5) is 36.1. The normalized spacial score (nSPS) is 14.3. The Kier molecular flexibility index (Phi) is 7.19. The minimum absolute atomic E-state index is 0.0686. The predicted molar refractivity (Wildman–Crippen MR) is 111 cm³/mol. The van der Waals surface area contributed by atoms with Crippen molar-refractivity contribution in [1.82, 2.24) is 10.6 Å². The maximum Gasteiger partial charge on any atom is 0.252 e. The molecule has 148 valence electrons. The molecule has 0 unspecified atom stereocenters. The molecule has 1 saturated carbocycles. The van der Waals surface area contributed by atoms with Gasteiger partial charge in [-0.3, -0.25) is 14.4 Å². The van der Waals surface area contributed by atoms with E-state index in [1.807, 2.05) is 5.38 Å². The number of anilines is 1. The van der Waals surface area contributed by atoms with Crippen molar-refractivity contribution in [3.8, 4) is 0 Å². The molecule has 0 saturated heterocycles. The van der Waals surface area contributed by atoms with E-state index >= 15 is 0 Å². The molecule has 1 heterocycles. The third kappa shape index (κ3) is 5.92. The zero-order chi connectivity index (χ0) is 19.8. The van der Waals surface area contributed by atoms with Crippen LogP contribution in [-0.2, 0) is 4.79 Å². The molecule has 7 heteroatoms. The largest absolute Gasteiger partial charge is 0.351 e. The van der Waals surface area contributed by atoms with Crippen LogP contribution in [0.3, 0.4) is 0 Å². The molecule has 6 nitrogen and oxygen atoms in total. The fourth-order valence-electron chi connectivity index (χ4n) is 3.23. The Morgan fingerprint density at radius 2 is 1.68 bits per heavy atom. The molecule has 1 aliphatic rings. The Bertz CT molecular complexity index is 797. The first-order valence-corrected chi connectivity index (χ1v) is 10.6. The van der Waals surface area contributed by atoms with Gasteiger partial charge in [0.25, 0.3) is 11.8 Å². The average molecular weight is 400 g/mol. The number of carbonyl (C=O) groups is 3. The van der Waals surface area contributed by atoms with Gasteiger partial charge < -0.3 is 16.0 Å². The summed E-state index contributed by atoms with van der Waals surface area (Å²) in [5.41, 5.74) is 1.82. The van der Waals surface area contributed by atoms with Crippen molar-refractivity contribution in [2.75, 3.05) is 11.9 Å². The molecule has 1 fully saturated rings. The van der Waals surface area contributed by atoms with Gasteiger partial charge in [0, 0.05) is 41.2 Å². The van der Waals surface area contributed by atoms with Crippen LogP contribution in [0.5, 0.6) is 0 Å². The number of hydrogen-bond donors (Lipinski definition) is 3. The van der Waals surface area contributed by atoms with Gasteiger partial charge in [-0.15, -0.1) is 0 Å². The first-order valence-electron chi connectivity index (χ1n) is 9.63. The van der Waals surface area contributed by atoms with Gasteiger partial charge in [0.05, 0.1) is 0 Å². The van der Waals surface area contributed by atoms with Crippen LogP contribution in [0.25, 0.3) is 0 Å². The molecular formula is C21H25N3O3S. The van der Waals surface area contributed by atoms with Crippen molar-refractivity contribution < 1.29 is 14.4 Å². The second-order valence-electron chi connectivity index (χ2n) is 6.95. The highest BCUT2D eigenvalue weighted by Crippen LogP contribution is 2.18. The van der Waals surface area contributed by atoms with Crippen LogP contribution in [0.4, 0.5) is 5.69 Å². The van der Waals surface area contributed by atoms with E-state index in [2.05, 4.69) is 16.0 Å². The summed E-state index contributed by atoms with van der Waals surface area (Å²) < 4.78 is 0. The lowest BCUT2D eigenvalue weighted by atomic mass is 9.95. The average Bonchev–Trinajstić information content (AvgIpc) is 3.24. The van der Waals surface area contributed by atoms with E-state index < -0.39 is 0 Å². The second-order valence-corrected chi connectivity index (χ2v) is 7.73. The smallest absolute Gasteiger partial charge is 0.252 e. The van der Waals surface area contributed by atoms with Gasteiger partial charge in [0.2, 0.25) is 5.91 Å². The number of rotatable bonds is 7. The first kappa shape index (κ1) is 20.1. The molecule has 3 rings (SSSR count). The molecule has 0 atom stereocenters. The zero-order valence-corrected chi connectivity index (χ0v) is 16.5. The van der Waals surface area contributed by atoms with Crippen LogP contribution >= 0.6 is 11.3 Å². The highest BCUT2D eigenvalue weighted by atomic mass is 32.1. The molecular weight excluding hydrogens is 374 g/mol. The van der Waals surface area contributed by atoms with Crippen molar-refractivity contribution >= 4 is 34.7 Å². The quantitative estimate of drug-likeness (QED) is 0.665. The molecule has 0 radical (unpaired) electrons. The van der Waals surface area contributed by atoms with E-state index in [-0.39, 0.29) is 36.7 Å². The summed E-state index contributed by atoms with van der Waals surface area (Å²) in [7, 11) is 0. The van der Waals surface area contributed by atoms with Crippen molar-refractivity contribution in [2.45, 2.75) is 44.6 Å². The van der Waals surface area contributed by atoms with Crippen molar-refractivity contribution in [3.05, 3.63) is 52.2 Å². The third-order valence-corrected chi connectivity index (χ3v) is 5.48. The number of nitrogens with one attached hydrogen (secondary N) is 3. The van der Waals surface area contributed by atoms with E-state index in [0.717, 1.165) is 12.8 Å². The molecule has 0 bridgehead atoms. The van der Waals surface area contributed by atoms with Crippen molar-refractivity contribution in [3.63, 3.8) is 0 Å².